The lowest BCUT2D eigenvalue weighted by atomic mass is 10.0. The molecule has 1 saturated carbocycles. The third-order valence-corrected chi connectivity index (χ3v) is 5.60. The van der Waals surface area contributed by atoms with E-state index in [9.17, 15) is 9.59 Å². The molecule has 1 aliphatic carbocycles. The molecule has 1 saturated heterocycles. The topological polar surface area (TPSA) is 101 Å². The third kappa shape index (κ3) is 4.76. The zero-order chi connectivity index (χ0) is 22.0. The predicted molar refractivity (Wildman–Crippen MR) is 116 cm³/mol. The zero-order valence-corrected chi connectivity index (χ0v) is 18.1. The molecule has 3 heterocycles. The van der Waals surface area contributed by atoms with E-state index in [-0.39, 0.29) is 30.4 Å². The number of hydrogen-bond acceptors (Lipinski definition) is 6. The summed E-state index contributed by atoms with van der Waals surface area (Å²) in [5, 5.41) is 2.84. The van der Waals surface area contributed by atoms with Crippen LogP contribution in [-0.4, -0.2) is 57.5 Å². The van der Waals surface area contributed by atoms with Crippen molar-refractivity contribution in [2.24, 2.45) is 5.92 Å². The van der Waals surface area contributed by atoms with E-state index in [0.29, 0.717) is 36.6 Å². The van der Waals surface area contributed by atoms with Gasteiger partial charge in [0.05, 0.1) is 31.6 Å². The Kier molecular flexibility index (Phi) is 6.01. The second kappa shape index (κ2) is 8.87. The minimum atomic E-state index is -0.280. The molecule has 1 N–H and O–H groups in total. The number of urea groups is 1. The molecule has 3 amide bonds. The smallest absolute Gasteiger partial charge is 0.327 e. The lowest BCUT2D eigenvalue weighted by molar-refractivity contribution is -0.117. The number of aromatic nitrogens is 3. The molecule has 0 spiro atoms. The van der Waals surface area contributed by atoms with Gasteiger partial charge in [0.25, 0.3) is 0 Å². The van der Waals surface area contributed by atoms with Crippen LogP contribution in [-0.2, 0) is 4.79 Å². The van der Waals surface area contributed by atoms with E-state index in [4.69, 9.17) is 4.74 Å². The summed E-state index contributed by atoms with van der Waals surface area (Å²) in [5.41, 5.74) is 1.20. The van der Waals surface area contributed by atoms with Gasteiger partial charge in [0.15, 0.2) is 5.75 Å². The number of nitrogens with one attached hydrogen (secondary N) is 1. The lowest BCUT2D eigenvalue weighted by Crippen LogP contribution is -2.43. The fourth-order valence-corrected chi connectivity index (χ4v) is 3.80. The molecule has 0 aromatic carbocycles. The van der Waals surface area contributed by atoms with Gasteiger partial charge in [0.1, 0.15) is 12.4 Å². The zero-order valence-electron chi connectivity index (χ0n) is 18.1. The summed E-state index contributed by atoms with van der Waals surface area (Å²) in [4.78, 5) is 41.7. The molecule has 9 nitrogen and oxygen atoms in total. The van der Waals surface area contributed by atoms with Gasteiger partial charge in [-0.15, -0.1) is 0 Å². The highest BCUT2D eigenvalue weighted by Crippen LogP contribution is 2.40. The summed E-state index contributed by atoms with van der Waals surface area (Å²) in [6, 6.07) is 3.50. The van der Waals surface area contributed by atoms with Crippen LogP contribution in [0.2, 0.25) is 0 Å². The van der Waals surface area contributed by atoms with Gasteiger partial charge in [0.2, 0.25) is 11.9 Å². The quantitative estimate of drug-likeness (QED) is 0.699. The number of anilines is 2. The Morgan fingerprint density at radius 1 is 1.26 bits per heavy atom. The monoisotopic (exact) mass is 424 g/mol. The Labute approximate surface area is 181 Å². The van der Waals surface area contributed by atoms with Crippen LogP contribution in [0.25, 0.3) is 0 Å². The SMILES string of the molecule is CCOc1cnc(N2C[C@H](C(C)C)N(CC(=O)Nc3cc(C4CC4)ccn3)C2=O)nc1. The summed E-state index contributed by atoms with van der Waals surface area (Å²) in [6.45, 7) is 6.84. The number of ether oxygens (including phenoxy) is 1. The predicted octanol–water partition coefficient (Wildman–Crippen LogP) is 3.05. The number of nitrogens with zero attached hydrogens (tertiary/aromatic N) is 5. The average molecular weight is 425 g/mol. The summed E-state index contributed by atoms with van der Waals surface area (Å²) in [5.74, 6) is 1.85. The highest BCUT2D eigenvalue weighted by atomic mass is 16.5. The van der Waals surface area contributed by atoms with E-state index in [1.165, 1.54) is 23.3 Å². The van der Waals surface area contributed by atoms with Gasteiger partial charge in [-0.05, 0) is 49.3 Å². The summed E-state index contributed by atoms with van der Waals surface area (Å²) < 4.78 is 5.37. The van der Waals surface area contributed by atoms with Gasteiger partial charge in [-0.2, -0.15) is 0 Å². The summed E-state index contributed by atoms with van der Waals surface area (Å²) in [6.07, 6.45) is 7.18. The number of carbonyl (C=O) groups excluding carboxylic acids is 2. The van der Waals surface area contributed by atoms with Crippen molar-refractivity contribution >= 4 is 23.7 Å². The Bertz CT molecular complexity index is 945. The molecule has 1 atom stereocenters. The third-order valence-electron chi connectivity index (χ3n) is 5.60. The van der Waals surface area contributed by atoms with Crippen molar-refractivity contribution in [3.8, 4) is 5.75 Å². The van der Waals surface area contributed by atoms with Crippen LogP contribution in [0.15, 0.2) is 30.7 Å². The Balaban J connectivity index is 1.45. The van der Waals surface area contributed by atoms with Crippen LogP contribution in [0.3, 0.4) is 0 Å². The van der Waals surface area contributed by atoms with Crippen LogP contribution in [0, 0.1) is 5.92 Å². The second-order valence-corrected chi connectivity index (χ2v) is 8.28. The van der Waals surface area contributed by atoms with Gasteiger partial charge in [-0.3, -0.25) is 9.69 Å². The van der Waals surface area contributed by atoms with Gasteiger partial charge in [-0.25, -0.2) is 19.7 Å². The largest absolute Gasteiger partial charge is 0.491 e. The first-order chi connectivity index (χ1) is 15.0. The Morgan fingerprint density at radius 2 is 2.00 bits per heavy atom. The van der Waals surface area contributed by atoms with E-state index < -0.39 is 0 Å². The average Bonchev–Trinajstić information content (AvgIpc) is 3.55. The molecule has 1 aliphatic heterocycles. The molecule has 2 aliphatic rings. The van der Waals surface area contributed by atoms with Crippen molar-refractivity contribution in [1.82, 2.24) is 19.9 Å². The maximum atomic E-state index is 13.1. The van der Waals surface area contributed by atoms with Crippen molar-refractivity contribution in [3.63, 3.8) is 0 Å². The summed E-state index contributed by atoms with van der Waals surface area (Å²) >= 11 is 0. The van der Waals surface area contributed by atoms with E-state index in [1.807, 2.05) is 32.9 Å². The Hall–Kier alpha value is -3.23. The molecular formula is C22H28N6O3. The minimum Gasteiger partial charge on any atom is -0.491 e. The van der Waals surface area contributed by atoms with Gasteiger partial charge >= 0.3 is 6.03 Å². The first-order valence-electron chi connectivity index (χ1n) is 10.7. The van der Waals surface area contributed by atoms with Crippen LogP contribution in [0.1, 0.15) is 45.1 Å². The van der Waals surface area contributed by atoms with E-state index >= 15 is 0 Å². The Morgan fingerprint density at radius 3 is 2.65 bits per heavy atom. The molecule has 2 aromatic rings. The van der Waals surface area contributed by atoms with Crippen LogP contribution >= 0.6 is 0 Å². The molecular weight excluding hydrogens is 396 g/mol. The number of carbonyl (C=O) groups is 2. The van der Waals surface area contributed by atoms with Crippen molar-refractivity contribution in [3.05, 3.63) is 36.3 Å². The van der Waals surface area contributed by atoms with E-state index in [0.717, 1.165) is 0 Å². The molecule has 0 unspecified atom stereocenters. The number of hydrogen-bond donors (Lipinski definition) is 1. The van der Waals surface area contributed by atoms with E-state index in [1.54, 1.807) is 23.5 Å². The molecule has 2 aromatic heterocycles. The molecule has 31 heavy (non-hydrogen) atoms. The van der Waals surface area contributed by atoms with Gasteiger partial charge in [-0.1, -0.05) is 13.8 Å². The molecule has 4 rings (SSSR count). The highest BCUT2D eigenvalue weighted by molar-refractivity contribution is 5.98. The minimum absolute atomic E-state index is 0.0510. The van der Waals surface area contributed by atoms with Gasteiger partial charge in [0, 0.05) is 6.20 Å². The van der Waals surface area contributed by atoms with Crippen LogP contribution in [0.5, 0.6) is 5.75 Å². The lowest BCUT2D eigenvalue weighted by Gasteiger charge is -2.25. The van der Waals surface area contributed by atoms with E-state index in [2.05, 4.69) is 20.3 Å². The first-order valence-corrected chi connectivity index (χ1v) is 10.7. The van der Waals surface area contributed by atoms with Crippen molar-refractivity contribution in [2.75, 3.05) is 29.9 Å². The first kappa shape index (κ1) is 21.0. The summed E-state index contributed by atoms with van der Waals surface area (Å²) in [7, 11) is 0. The molecule has 0 radical (unpaired) electrons. The molecule has 9 heteroatoms. The van der Waals surface area contributed by atoms with Crippen LogP contribution < -0.4 is 15.0 Å². The van der Waals surface area contributed by atoms with Crippen molar-refractivity contribution in [2.45, 2.75) is 45.6 Å². The number of rotatable bonds is 8. The highest BCUT2D eigenvalue weighted by Gasteiger charge is 2.41. The maximum absolute atomic E-state index is 13.1. The van der Waals surface area contributed by atoms with Gasteiger partial charge < -0.3 is 15.0 Å². The molecule has 0 bridgehead atoms. The van der Waals surface area contributed by atoms with Crippen LogP contribution in [0.4, 0.5) is 16.6 Å². The fraction of sp³-hybridized carbons (Fsp3) is 0.500. The standard InChI is InChI=1S/C22H28N6O3/c1-4-31-17-10-24-21(25-11-17)28-12-18(14(2)3)27(22(28)30)13-20(29)26-19-9-16(7-8-23-19)15-5-6-15/h7-11,14-15,18H,4-6,12-13H2,1-3H3,(H,23,26,29)/t18-/m1/s1. The fourth-order valence-electron chi connectivity index (χ4n) is 3.80. The molecule has 164 valence electrons. The van der Waals surface area contributed by atoms with Crippen molar-refractivity contribution < 1.29 is 14.3 Å². The number of amides is 3. The number of pyridine rings is 1. The molecule has 2 fully saturated rings. The normalized spacial score (nSPS) is 18.6. The van der Waals surface area contributed by atoms with Crippen molar-refractivity contribution in [1.29, 1.82) is 0 Å². The second-order valence-electron chi connectivity index (χ2n) is 8.28. The maximum Gasteiger partial charge on any atom is 0.327 e.